The van der Waals surface area contributed by atoms with Gasteiger partial charge in [-0.1, -0.05) is 12.1 Å². The Morgan fingerprint density at radius 3 is 2.86 bits per heavy atom. The van der Waals surface area contributed by atoms with Crippen molar-refractivity contribution in [2.75, 3.05) is 7.05 Å². The highest BCUT2D eigenvalue weighted by atomic mass is 14.9. The molecule has 0 saturated heterocycles. The van der Waals surface area contributed by atoms with Gasteiger partial charge in [-0.25, -0.2) is 0 Å². The number of nitrogens with zero attached hydrogens (tertiary/aromatic N) is 1. The zero-order chi connectivity index (χ0) is 10.1. The summed E-state index contributed by atoms with van der Waals surface area (Å²) in [6, 6.07) is 6.60. The second-order valence-corrected chi connectivity index (χ2v) is 3.82. The third kappa shape index (κ3) is 1.42. The third-order valence-electron chi connectivity index (χ3n) is 2.60. The van der Waals surface area contributed by atoms with E-state index in [1.54, 1.807) is 0 Å². The fourth-order valence-electron chi connectivity index (χ4n) is 1.91. The standard InChI is InChI=1S/C12H16N2/c1-9-4-5-11-10(7-13-2)8-14(3)12(11)6-9/h4-6,8,13H,7H2,1-3H3. The summed E-state index contributed by atoms with van der Waals surface area (Å²) in [6.45, 7) is 3.06. The SMILES string of the molecule is CNCc1cn(C)c2cc(C)ccc12. The summed E-state index contributed by atoms with van der Waals surface area (Å²) >= 11 is 0. The molecule has 1 N–H and O–H groups in total. The zero-order valence-electron chi connectivity index (χ0n) is 8.96. The summed E-state index contributed by atoms with van der Waals surface area (Å²) in [7, 11) is 4.08. The average molecular weight is 188 g/mol. The highest BCUT2D eigenvalue weighted by molar-refractivity contribution is 5.84. The Morgan fingerprint density at radius 2 is 2.14 bits per heavy atom. The number of fused-ring (bicyclic) bond motifs is 1. The molecule has 0 aliphatic rings. The highest BCUT2D eigenvalue weighted by Gasteiger charge is 2.04. The minimum absolute atomic E-state index is 0.931. The van der Waals surface area contributed by atoms with Gasteiger partial charge >= 0.3 is 0 Å². The quantitative estimate of drug-likeness (QED) is 0.764. The second kappa shape index (κ2) is 3.46. The predicted octanol–water partition coefficient (Wildman–Crippen LogP) is 2.21. The number of hydrogen-bond acceptors (Lipinski definition) is 1. The van der Waals surface area contributed by atoms with Crippen molar-refractivity contribution in [2.24, 2.45) is 7.05 Å². The van der Waals surface area contributed by atoms with Crippen LogP contribution in [-0.4, -0.2) is 11.6 Å². The number of rotatable bonds is 2. The van der Waals surface area contributed by atoms with E-state index in [0.29, 0.717) is 0 Å². The van der Waals surface area contributed by atoms with Crippen LogP contribution >= 0.6 is 0 Å². The highest BCUT2D eigenvalue weighted by Crippen LogP contribution is 2.21. The van der Waals surface area contributed by atoms with Crippen LogP contribution in [0.25, 0.3) is 10.9 Å². The first-order chi connectivity index (χ1) is 6.72. The van der Waals surface area contributed by atoms with Crippen molar-refractivity contribution in [3.63, 3.8) is 0 Å². The van der Waals surface area contributed by atoms with Crippen LogP contribution in [0.4, 0.5) is 0 Å². The van der Waals surface area contributed by atoms with Gasteiger partial charge in [0.05, 0.1) is 0 Å². The molecule has 0 aliphatic heterocycles. The number of aryl methyl sites for hydroxylation is 2. The van der Waals surface area contributed by atoms with Crippen LogP contribution in [0, 0.1) is 6.92 Å². The van der Waals surface area contributed by atoms with Gasteiger partial charge in [0.2, 0.25) is 0 Å². The lowest BCUT2D eigenvalue weighted by atomic mass is 10.1. The maximum Gasteiger partial charge on any atom is 0.0483 e. The first-order valence-electron chi connectivity index (χ1n) is 4.91. The van der Waals surface area contributed by atoms with Crippen LogP contribution in [0.15, 0.2) is 24.4 Å². The Morgan fingerprint density at radius 1 is 1.36 bits per heavy atom. The molecule has 0 amide bonds. The van der Waals surface area contributed by atoms with Gasteiger partial charge in [-0.3, -0.25) is 0 Å². The summed E-state index contributed by atoms with van der Waals surface area (Å²) in [5.41, 5.74) is 4.00. The second-order valence-electron chi connectivity index (χ2n) is 3.82. The summed E-state index contributed by atoms with van der Waals surface area (Å²) < 4.78 is 2.19. The molecule has 14 heavy (non-hydrogen) atoms. The van der Waals surface area contributed by atoms with Crippen molar-refractivity contribution in [3.8, 4) is 0 Å². The molecule has 2 rings (SSSR count). The zero-order valence-corrected chi connectivity index (χ0v) is 8.96. The number of benzene rings is 1. The lowest BCUT2D eigenvalue weighted by Crippen LogP contribution is -2.04. The minimum Gasteiger partial charge on any atom is -0.350 e. The maximum atomic E-state index is 3.19. The van der Waals surface area contributed by atoms with E-state index in [-0.39, 0.29) is 0 Å². The van der Waals surface area contributed by atoms with E-state index in [0.717, 1.165) is 6.54 Å². The molecule has 0 unspecified atom stereocenters. The van der Waals surface area contributed by atoms with Gasteiger partial charge in [-0.05, 0) is 31.2 Å². The van der Waals surface area contributed by atoms with Gasteiger partial charge in [-0.15, -0.1) is 0 Å². The summed E-state index contributed by atoms with van der Waals surface area (Å²) in [4.78, 5) is 0. The Kier molecular flexibility index (Phi) is 2.30. The predicted molar refractivity (Wildman–Crippen MR) is 60.4 cm³/mol. The van der Waals surface area contributed by atoms with Crippen molar-refractivity contribution >= 4 is 10.9 Å². The van der Waals surface area contributed by atoms with E-state index in [2.05, 4.69) is 48.3 Å². The van der Waals surface area contributed by atoms with E-state index in [4.69, 9.17) is 0 Å². The molecule has 2 aromatic rings. The van der Waals surface area contributed by atoms with Crippen molar-refractivity contribution in [2.45, 2.75) is 13.5 Å². The van der Waals surface area contributed by atoms with E-state index in [1.165, 1.54) is 22.0 Å². The largest absolute Gasteiger partial charge is 0.350 e. The van der Waals surface area contributed by atoms with Gasteiger partial charge in [0.15, 0.2) is 0 Å². The van der Waals surface area contributed by atoms with Crippen LogP contribution in [0.1, 0.15) is 11.1 Å². The van der Waals surface area contributed by atoms with Crippen molar-refractivity contribution in [1.82, 2.24) is 9.88 Å². The molecule has 1 aromatic carbocycles. The van der Waals surface area contributed by atoms with Crippen LogP contribution in [0.2, 0.25) is 0 Å². The van der Waals surface area contributed by atoms with Gasteiger partial charge in [0.25, 0.3) is 0 Å². The van der Waals surface area contributed by atoms with E-state index in [9.17, 15) is 0 Å². The Labute approximate surface area is 84.5 Å². The molecule has 0 atom stereocenters. The molecule has 0 spiro atoms. The average Bonchev–Trinajstić information content (AvgIpc) is 2.44. The van der Waals surface area contributed by atoms with Crippen molar-refractivity contribution in [3.05, 3.63) is 35.5 Å². The number of hydrogen-bond donors (Lipinski definition) is 1. The lowest BCUT2D eigenvalue weighted by molar-refractivity contribution is 0.815. The minimum atomic E-state index is 0.931. The molecule has 2 heteroatoms. The third-order valence-corrected chi connectivity index (χ3v) is 2.60. The maximum absolute atomic E-state index is 3.19. The van der Waals surface area contributed by atoms with Gasteiger partial charge in [-0.2, -0.15) is 0 Å². The van der Waals surface area contributed by atoms with Crippen LogP contribution < -0.4 is 5.32 Å². The molecular formula is C12H16N2. The van der Waals surface area contributed by atoms with E-state index < -0.39 is 0 Å². The molecule has 0 saturated carbocycles. The van der Waals surface area contributed by atoms with Gasteiger partial charge in [0.1, 0.15) is 0 Å². The van der Waals surface area contributed by atoms with Crippen LogP contribution in [0.5, 0.6) is 0 Å². The molecule has 0 fully saturated rings. The lowest BCUT2D eigenvalue weighted by Gasteiger charge is -1.98. The number of nitrogens with one attached hydrogen (secondary N) is 1. The van der Waals surface area contributed by atoms with Crippen molar-refractivity contribution in [1.29, 1.82) is 0 Å². The Hall–Kier alpha value is -1.28. The molecule has 0 aliphatic carbocycles. The van der Waals surface area contributed by atoms with Crippen molar-refractivity contribution < 1.29 is 0 Å². The Balaban J connectivity index is 2.65. The Bertz CT molecular complexity index is 455. The smallest absolute Gasteiger partial charge is 0.0483 e. The topological polar surface area (TPSA) is 17.0 Å². The van der Waals surface area contributed by atoms with Crippen LogP contribution in [-0.2, 0) is 13.6 Å². The fourth-order valence-corrected chi connectivity index (χ4v) is 1.91. The van der Waals surface area contributed by atoms with E-state index in [1.807, 2.05) is 7.05 Å². The molecule has 2 nitrogen and oxygen atoms in total. The summed E-state index contributed by atoms with van der Waals surface area (Å²) in [5, 5.41) is 4.54. The normalized spacial score (nSPS) is 11.1. The monoisotopic (exact) mass is 188 g/mol. The first kappa shape index (κ1) is 9.28. The molecule has 0 radical (unpaired) electrons. The number of aromatic nitrogens is 1. The fraction of sp³-hybridized carbons (Fsp3) is 0.333. The van der Waals surface area contributed by atoms with Crippen LogP contribution in [0.3, 0.4) is 0 Å². The molecule has 1 aromatic heterocycles. The molecule has 0 bridgehead atoms. The summed E-state index contributed by atoms with van der Waals surface area (Å²) in [6.07, 6.45) is 2.20. The van der Waals surface area contributed by atoms with Gasteiger partial charge < -0.3 is 9.88 Å². The molecular weight excluding hydrogens is 172 g/mol. The summed E-state index contributed by atoms with van der Waals surface area (Å²) in [5.74, 6) is 0. The van der Waals surface area contributed by atoms with E-state index >= 15 is 0 Å². The molecule has 1 heterocycles. The first-order valence-corrected chi connectivity index (χ1v) is 4.91. The molecule has 74 valence electrons. The van der Waals surface area contributed by atoms with Gasteiger partial charge in [0, 0.05) is 30.7 Å².